The highest BCUT2D eigenvalue weighted by atomic mass is 19.1. The number of nitrogens with two attached hydrogens (primary N) is 1. The van der Waals surface area contributed by atoms with Gasteiger partial charge in [0.25, 0.3) is 0 Å². The quantitative estimate of drug-likeness (QED) is 0.805. The van der Waals surface area contributed by atoms with Gasteiger partial charge in [0.1, 0.15) is 17.3 Å². The van der Waals surface area contributed by atoms with Gasteiger partial charge in [-0.3, -0.25) is 9.67 Å². The maximum Gasteiger partial charge on any atom is 0.141 e. The number of hydrogen-bond donors (Lipinski definition) is 1. The Labute approximate surface area is 119 Å². The van der Waals surface area contributed by atoms with E-state index in [0.29, 0.717) is 23.6 Å². The zero-order chi connectivity index (χ0) is 14.8. The smallest absolute Gasteiger partial charge is 0.141 e. The Morgan fingerprint density at radius 2 is 1.71 bits per heavy atom. The van der Waals surface area contributed by atoms with Crippen LogP contribution in [0, 0.1) is 11.6 Å². The van der Waals surface area contributed by atoms with Gasteiger partial charge in [-0.1, -0.05) is 12.1 Å². The number of halogens is 2. The SMILES string of the molecule is Nc1cn(Cc2ccc(F)cc2)nc1-c1ccc(F)cn1. The predicted molar refractivity (Wildman–Crippen MR) is 75.3 cm³/mol. The summed E-state index contributed by atoms with van der Waals surface area (Å²) in [6.45, 7) is 0.464. The lowest BCUT2D eigenvalue weighted by Crippen LogP contribution is -2.00. The van der Waals surface area contributed by atoms with E-state index in [4.69, 9.17) is 5.73 Å². The zero-order valence-electron chi connectivity index (χ0n) is 11.0. The summed E-state index contributed by atoms with van der Waals surface area (Å²) >= 11 is 0. The first-order valence-corrected chi connectivity index (χ1v) is 6.31. The lowest BCUT2D eigenvalue weighted by atomic mass is 10.2. The summed E-state index contributed by atoms with van der Waals surface area (Å²) in [5, 5.41) is 4.34. The first kappa shape index (κ1) is 13.2. The summed E-state index contributed by atoms with van der Waals surface area (Å²) in [6.07, 6.45) is 2.79. The molecule has 0 aliphatic heterocycles. The van der Waals surface area contributed by atoms with E-state index in [1.807, 2.05) is 0 Å². The third-order valence-electron chi connectivity index (χ3n) is 3.02. The van der Waals surface area contributed by atoms with Gasteiger partial charge < -0.3 is 5.73 Å². The first-order chi connectivity index (χ1) is 10.1. The van der Waals surface area contributed by atoms with Gasteiger partial charge in [0, 0.05) is 6.20 Å². The van der Waals surface area contributed by atoms with Crippen LogP contribution in [-0.2, 0) is 6.54 Å². The van der Waals surface area contributed by atoms with Crippen LogP contribution in [0.1, 0.15) is 5.56 Å². The molecule has 106 valence electrons. The Balaban J connectivity index is 1.87. The van der Waals surface area contributed by atoms with Crippen molar-refractivity contribution >= 4 is 5.69 Å². The molecule has 0 saturated carbocycles. The first-order valence-electron chi connectivity index (χ1n) is 6.31. The number of pyridine rings is 1. The molecule has 0 unspecified atom stereocenters. The van der Waals surface area contributed by atoms with E-state index in [1.165, 1.54) is 24.3 Å². The number of nitrogen functional groups attached to an aromatic ring is 1. The number of rotatable bonds is 3. The molecule has 0 bridgehead atoms. The molecule has 4 nitrogen and oxygen atoms in total. The van der Waals surface area contributed by atoms with Crippen LogP contribution in [0.25, 0.3) is 11.4 Å². The molecule has 0 fully saturated rings. The summed E-state index contributed by atoms with van der Waals surface area (Å²) in [7, 11) is 0. The van der Waals surface area contributed by atoms with Crippen molar-refractivity contribution in [2.75, 3.05) is 5.73 Å². The van der Waals surface area contributed by atoms with E-state index in [0.717, 1.165) is 11.8 Å². The van der Waals surface area contributed by atoms with Crippen molar-refractivity contribution in [2.45, 2.75) is 6.54 Å². The summed E-state index contributed by atoms with van der Waals surface area (Å²) in [6, 6.07) is 8.98. The Kier molecular flexibility index (Phi) is 3.35. The zero-order valence-corrected chi connectivity index (χ0v) is 11.0. The fraction of sp³-hybridized carbons (Fsp3) is 0.0667. The van der Waals surface area contributed by atoms with Crippen LogP contribution in [0.4, 0.5) is 14.5 Å². The monoisotopic (exact) mass is 286 g/mol. The number of benzene rings is 1. The second kappa shape index (κ2) is 5.32. The molecule has 1 aromatic carbocycles. The van der Waals surface area contributed by atoms with E-state index in [2.05, 4.69) is 10.1 Å². The van der Waals surface area contributed by atoms with Gasteiger partial charge in [-0.2, -0.15) is 5.10 Å². The van der Waals surface area contributed by atoms with Crippen molar-refractivity contribution < 1.29 is 8.78 Å². The summed E-state index contributed by atoms with van der Waals surface area (Å²) < 4.78 is 27.4. The topological polar surface area (TPSA) is 56.7 Å². The Bertz CT molecular complexity index is 748. The highest BCUT2D eigenvalue weighted by molar-refractivity contribution is 5.68. The average molecular weight is 286 g/mol. The highest BCUT2D eigenvalue weighted by Gasteiger charge is 2.10. The third kappa shape index (κ3) is 2.89. The van der Waals surface area contributed by atoms with E-state index in [9.17, 15) is 8.78 Å². The number of anilines is 1. The van der Waals surface area contributed by atoms with Gasteiger partial charge >= 0.3 is 0 Å². The number of hydrogen-bond acceptors (Lipinski definition) is 3. The van der Waals surface area contributed by atoms with Crippen molar-refractivity contribution in [1.82, 2.24) is 14.8 Å². The molecular weight excluding hydrogens is 274 g/mol. The molecule has 0 aliphatic carbocycles. The molecule has 2 heterocycles. The second-order valence-electron chi connectivity index (χ2n) is 4.62. The molecule has 0 saturated heterocycles. The van der Waals surface area contributed by atoms with Crippen LogP contribution in [0.5, 0.6) is 0 Å². The Morgan fingerprint density at radius 3 is 2.38 bits per heavy atom. The summed E-state index contributed by atoms with van der Waals surface area (Å²) in [5.41, 5.74) is 8.27. The third-order valence-corrected chi connectivity index (χ3v) is 3.02. The molecule has 0 atom stereocenters. The average Bonchev–Trinajstić information content (AvgIpc) is 2.83. The summed E-state index contributed by atoms with van der Waals surface area (Å²) in [4.78, 5) is 3.96. The minimum absolute atomic E-state index is 0.282. The molecule has 0 amide bonds. The normalized spacial score (nSPS) is 10.8. The van der Waals surface area contributed by atoms with E-state index in [1.54, 1.807) is 23.0 Å². The van der Waals surface area contributed by atoms with Gasteiger partial charge in [0.2, 0.25) is 0 Å². The number of nitrogens with zero attached hydrogens (tertiary/aromatic N) is 3. The lowest BCUT2D eigenvalue weighted by molar-refractivity contribution is 0.621. The minimum atomic E-state index is -0.414. The van der Waals surface area contributed by atoms with Gasteiger partial charge in [-0.15, -0.1) is 0 Å². The Morgan fingerprint density at radius 1 is 1.00 bits per heavy atom. The standard InChI is InChI=1S/C15H12F2N4/c16-11-3-1-10(2-4-11)8-21-9-13(18)15(20-21)14-6-5-12(17)7-19-14/h1-7,9H,8,18H2. The highest BCUT2D eigenvalue weighted by Crippen LogP contribution is 2.22. The fourth-order valence-corrected chi connectivity index (χ4v) is 2.01. The maximum absolute atomic E-state index is 12.9. The maximum atomic E-state index is 12.9. The van der Waals surface area contributed by atoms with Crippen molar-refractivity contribution in [3.05, 3.63) is 66.0 Å². The molecule has 3 rings (SSSR count). The number of aromatic nitrogens is 3. The van der Waals surface area contributed by atoms with E-state index >= 15 is 0 Å². The van der Waals surface area contributed by atoms with Crippen molar-refractivity contribution in [2.24, 2.45) is 0 Å². The van der Waals surface area contributed by atoms with Gasteiger partial charge in [0.15, 0.2) is 0 Å². The van der Waals surface area contributed by atoms with Crippen LogP contribution in [0.2, 0.25) is 0 Å². The van der Waals surface area contributed by atoms with Crippen molar-refractivity contribution in [1.29, 1.82) is 0 Å². The van der Waals surface area contributed by atoms with Crippen LogP contribution in [0.3, 0.4) is 0 Å². The van der Waals surface area contributed by atoms with Gasteiger partial charge in [-0.25, -0.2) is 8.78 Å². The van der Waals surface area contributed by atoms with E-state index < -0.39 is 5.82 Å². The van der Waals surface area contributed by atoms with Crippen LogP contribution in [-0.4, -0.2) is 14.8 Å². The van der Waals surface area contributed by atoms with Gasteiger partial charge in [-0.05, 0) is 29.8 Å². The van der Waals surface area contributed by atoms with Crippen LogP contribution < -0.4 is 5.73 Å². The largest absolute Gasteiger partial charge is 0.396 e. The fourth-order valence-electron chi connectivity index (χ4n) is 2.01. The lowest BCUT2D eigenvalue weighted by Gasteiger charge is -2.01. The van der Waals surface area contributed by atoms with Crippen molar-refractivity contribution in [3.63, 3.8) is 0 Å². The molecule has 2 aromatic heterocycles. The van der Waals surface area contributed by atoms with E-state index in [-0.39, 0.29) is 5.82 Å². The minimum Gasteiger partial charge on any atom is -0.396 e. The van der Waals surface area contributed by atoms with Crippen LogP contribution in [0.15, 0.2) is 48.8 Å². The molecule has 2 N–H and O–H groups in total. The predicted octanol–water partition coefficient (Wildman–Crippen LogP) is 2.85. The molecule has 21 heavy (non-hydrogen) atoms. The molecule has 0 aliphatic rings. The van der Waals surface area contributed by atoms with Crippen LogP contribution >= 0.6 is 0 Å². The summed E-state index contributed by atoms with van der Waals surface area (Å²) in [5.74, 6) is -0.696. The van der Waals surface area contributed by atoms with Gasteiger partial charge in [0.05, 0.1) is 24.1 Å². The molecular formula is C15H12F2N4. The molecule has 6 heteroatoms. The Hall–Kier alpha value is -2.76. The second-order valence-corrected chi connectivity index (χ2v) is 4.62. The molecule has 3 aromatic rings. The molecule has 0 radical (unpaired) electrons. The van der Waals surface area contributed by atoms with Crippen molar-refractivity contribution in [3.8, 4) is 11.4 Å². The molecule has 0 spiro atoms.